The van der Waals surface area contributed by atoms with Crippen LogP contribution in [0.3, 0.4) is 0 Å². The number of likely N-dealkylation sites (tertiary alicyclic amines) is 1. The third-order valence-electron chi connectivity index (χ3n) is 2.63. The van der Waals surface area contributed by atoms with Gasteiger partial charge in [-0.25, -0.2) is 0 Å². The molecule has 0 spiro atoms. The minimum absolute atomic E-state index is 0.162. The molecule has 0 aromatic heterocycles. The molecule has 1 atom stereocenters. The van der Waals surface area contributed by atoms with Gasteiger partial charge in [-0.1, -0.05) is 19.8 Å². The Morgan fingerprint density at radius 1 is 1.25 bits per heavy atom. The summed E-state index contributed by atoms with van der Waals surface area (Å²) in [6.45, 7) is 4.37. The third-order valence-corrected chi connectivity index (χ3v) is 2.63. The molecule has 0 amide bonds. The Balaban J connectivity index is 2.15. The van der Waals surface area contributed by atoms with Crippen LogP contribution in [0.15, 0.2) is 0 Å². The fourth-order valence-electron chi connectivity index (χ4n) is 1.79. The minimum Gasteiger partial charge on any atom is -0.378 e. The molecule has 1 N–H and O–H groups in total. The van der Waals surface area contributed by atoms with Crippen molar-refractivity contribution < 1.29 is 5.11 Å². The van der Waals surface area contributed by atoms with Crippen molar-refractivity contribution >= 4 is 0 Å². The number of hydrogen-bond donors (Lipinski definition) is 1. The molecule has 0 aromatic carbocycles. The van der Waals surface area contributed by atoms with Crippen molar-refractivity contribution in [1.29, 1.82) is 0 Å². The van der Waals surface area contributed by atoms with Crippen LogP contribution in [0.25, 0.3) is 0 Å². The minimum atomic E-state index is -0.162. The first-order chi connectivity index (χ1) is 5.84. The second kappa shape index (κ2) is 5.55. The maximum Gasteiger partial charge on any atom is 0.107 e. The lowest BCUT2D eigenvalue weighted by Crippen LogP contribution is -2.38. The molecule has 0 radical (unpaired) electrons. The zero-order valence-electron chi connectivity index (χ0n) is 8.13. The maximum absolute atomic E-state index is 9.73. The van der Waals surface area contributed by atoms with E-state index in [-0.39, 0.29) is 6.23 Å². The van der Waals surface area contributed by atoms with E-state index in [1.807, 2.05) is 0 Å². The summed E-state index contributed by atoms with van der Waals surface area (Å²) >= 11 is 0. The lowest BCUT2D eigenvalue weighted by molar-refractivity contribution is -0.0145. The van der Waals surface area contributed by atoms with Crippen LogP contribution < -0.4 is 0 Å². The Morgan fingerprint density at radius 3 is 2.50 bits per heavy atom. The fraction of sp³-hybridized carbons (Fsp3) is 1.00. The first-order valence-electron chi connectivity index (χ1n) is 5.26. The van der Waals surface area contributed by atoms with E-state index >= 15 is 0 Å². The Labute approximate surface area is 75.6 Å². The van der Waals surface area contributed by atoms with E-state index in [0.717, 1.165) is 25.9 Å². The predicted molar refractivity (Wildman–Crippen MR) is 51.0 cm³/mol. The lowest BCUT2D eigenvalue weighted by Gasteiger charge is -2.31. The normalized spacial score (nSPS) is 22.5. The highest BCUT2D eigenvalue weighted by atomic mass is 16.3. The van der Waals surface area contributed by atoms with E-state index in [0.29, 0.717) is 0 Å². The average molecular weight is 171 g/mol. The highest BCUT2D eigenvalue weighted by Crippen LogP contribution is 2.13. The predicted octanol–water partition coefficient (Wildman–Crippen LogP) is 1.98. The number of aliphatic hydroxyl groups excluding tert-OH is 1. The molecule has 1 aliphatic heterocycles. The molecule has 0 bridgehead atoms. The Hall–Kier alpha value is -0.0800. The molecule has 0 unspecified atom stereocenters. The van der Waals surface area contributed by atoms with E-state index in [9.17, 15) is 5.11 Å². The monoisotopic (exact) mass is 171 g/mol. The van der Waals surface area contributed by atoms with Gasteiger partial charge in [-0.05, 0) is 25.7 Å². The summed E-state index contributed by atoms with van der Waals surface area (Å²) in [5.74, 6) is 0. The van der Waals surface area contributed by atoms with Gasteiger partial charge in [0.1, 0.15) is 6.23 Å². The summed E-state index contributed by atoms with van der Waals surface area (Å²) in [5, 5.41) is 9.73. The van der Waals surface area contributed by atoms with Crippen molar-refractivity contribution in [1.82, 2.24) is 4.90 Å². The van der Waals surface area contributed by atoms with Crippen molar-refractivity contribution in [3.05, 3.63) is 0 Å². The highest BCUT2D eigenvalue weighted by molar-refractivity contribution is 4.67. The van der Waals surface area contributed by atoms with Crippen LogP contribution >= 0.6 is 0 Å². The molecule has 72 valence electrons. The Bertz CT molecular complexity index is 110. The van der Waals surface area contributed by atoms with Crippen LogP contribution in [0.5, 0.6) is 0 Å². The topological polar surface area (TPSA) is 23.5 Å². The summed E-state index contributed by atoms with van der Waals surface area (Å²) < 4.78 is 0. The molecule has 0 saturated carbocycles. The van der Waals surface area contributed by atoms with E-state index < -0.39 is 0 Å². The largest absolute Gasteiger partial charge is 0.378 e. The number of rotatable bonds is 4. The molecule has 1 saturated heterocycles. The fourth-order valence-corrected chi connectivity index (χ4v) is 1.79. The van der Waals surface area contributed by atoms with Gasteiger partial charge in [0.05, 0.1) is 0 Å². The zero-order chi connectivity index (χ0) is 8.81. The van der Waals surface area contributed by atoms with E-state index in [1.165, 1.54) is 25.7 Å². The van der Waals surface area contributed by atoms with Crippen molar-refractivity contribution in [2.75, 3.05) is 13.1 Å². The van der Waals surface area contributed by atoms with Gasteiger partial charge >= 0.3 is 0 Å². The van der Waals surface area contributed by atoms with Gasteiger partial charge in [0.2, 0.25) is 0 Å². The van der Waals surface area contributed by atoms with Gasteiger partial charge in [-0.2, -0.15) is 0 Å². The lowest BCUT2D eigenvalue weighted by atomic mass is 10.1. The summed E-state index contributed by atoms with van der Waals surface area (Å²) in [5.41, 5.74) is 0. The van der Waals surface area contributed by atoms with Gasteiger partial charge in [0.25, 0.3) is 0 Å². The molecule has 1 heterocycles. The number of hydrogen-bond acceptors (Lipinski definition) is 2. The molecule has 2 heteroatoms. The summed E-state index contributed by atoms with van der Waals surface area (Å²) in [6.07, 6.45) is 7.01. The van der Waals surface area contributed by atoms with Crippen molar-refractivity contribution in [2.45, 2.75) is 51.7 Å². The Kier molecular flexibility index (Phi) is 4.62. The van der Waals surface area contributed by atoms with E-state index in [4.69, 9.17) is 0 Å². The number of nitrogens with zero attached hydrogens (tertiary/aromatic N) is 1. The van der Waals surface area contributed by atoms with E-state index in [1.54, 1.807) is 0 Å². The molecule has 0 aromatic rings. The SMILES string of the molecule is CCCC[C@@H](O)N1CCCCC1. The van der Waals surface area contributed by atoms with Crippen LogP contribution in [0.4, 0.5) is 0 Å². The second-order valence-corrected chi connectivity index (χ2v) is 3.72. The third kappa shape index (κ3) is 3.11. The quantitative estimate of drug-likeness (QED) is 0.699. The first kappa shape index (κ1) is 10.0. The molecule has 1 fully saturated rings. The molecule has 1 rings (SSSR count). The second-order valence-electron chi connectivity index (χ2n) is 3.72. The van der Waals surface area contributed by atoms with Crippen LogP contribution in [0.1, 0.15) is 45.4 Å². The molecular weight excluding hydrogens is 150 g/mol. The average Bonchev–Trinajstić information content (AvgIpc) is 2.15. The van der Waals surface area contributed by atoms with Gasteiger partial charge in [0, 0.05) is 13.1 Å². The van der Waals surface area contributed by atoms with Crippen LogP contribution in [0.2, 0.25) is 0 Å². The van der Waals surface area contributed by atoms with E-state index in [2.05, 4.69) is 11.8 Å². The van der Waals surface area contributed by atoms with Gasteiger partial charge in [-0.3, -0.25) is 4.90 Å². The molecule has 1 aliphatic rings. The molecule has 0 aliphatic carbocycles. The molecular formula is C10H21NO. The Morgan fingerprint density at radius 2 is 1.92 bits per heavy atom. The summed E-state index contributed by atoms with van der Waals surface area (Å²) in [6, 6.07) is 0. The number of aliphatic hydroxyl groups is 1. The summed E-state index contributed by atoms with van der Waals surface area (Å²) in [7, 11) is 0. The molecule has 12 heavy (non-hydrogen) atoms. The molecule has 2 nitrogen and oxygen atoms in total. The highest BCUT2D eigenvalue weighted by Gasteiger charge is 2.16. The number of unbranched alkanes of at least 4 members (excludes halogenated alkanes) is 1. The van der Waals surface area contributed by atoms with Crippen LogP contribution in [0, 0.1) is 0 Å². The van der Waals surface area contributed by atoms with Gasteiger partial charge < -0.3 is 5.11 Å². The van der Waals surface area contributed by atoms with Crippen molar-refractivity contribution in [2.24, 2.45) is 0 Å². The number of piperidine rings is 1. The smallest absolute Gasteiger partial charge is 0.107 e. The zero-order valence-corrected chi connectivity index (χ0v) is 8.13. The standard InChI is InChI=1S/C10H21NO/c1-2-3-7-10(12)11-8-5-4-6-9-11/h10,12H,2-9H2,1H3/t10-/m1/s1. The van der Waals surface area contributed by atoms with Crippen LogP contribution in [-0.2, 0) is 0 Å². The van der Waals surface area contributed by atoms with Crippen molar-refractivity contribution in [3.8, 4) is 0 Å². The maximum atomic E-state index is 9.73. The van der Waals surface area contributed by atoms with Gasteiger partial charge in [0.15, 0.2) is 0 Å². The first-order valence-corrected chi connectivity index (χ1v) is 5.26. The van der Waals surface area contributed by atoms with Crippen LogP contribution in [-0.4, -0.2) is 29.3 Å². The summed E-state index contributed by atoms with van der Waals surface area (Å²) in [4.78, 5) is 2.22. The van der Waals surface area contributed by atoms with Crippen molar-refractivity contribution in [3.63, 3.8) is 0 Å². The van der Waals surface area contributed by atoms with Gasteiger partial charge in [-0.15, -0.1) is 0 Å².